The molecule has 1 unspecified atom stereocenters. The van der Waals surface area contributed by atoms with Gasteiger partial charge in [0.1, 0.15) is 11.5 Å². The molecule has 3 aromatic rings. The number of rotatable bonds is 6. The molecule has 1 atom stereocenters. The number of carbonyl (C=O) groups excluding carboxylic acids is 3. The van der Waals surface area contributed by atoms with Crippen LogP contribution in [0.2, 0.25) is 0 Å². The number of esters is 1. The molecular weight excluding hydrogens is 424 g/mol. The summed E-state index contributed by atoms with van der Waals surface area (Å²) in [6.45, 7) is 0. The maximum atomic E-state index is 12.9. The van der Waals surface area contributed by atoms with Crippen LogP contribution in [-0.2, 0) is 16.0 Å². The molecule has 2 N–H and O–H groups in total. The Hall–Kier alpha value is -4.33. The topological polar surface area (TPSA) is 103 Å². The third-order valence-corrected chi connectivity index (χ3v) is 5.25. The highest BCUT2D eigenvalue weighted by atomic mass is 16.5. The lowest BCUT2D eigenvalue weighted by atomic mass is 9.98. The Balaban J connectivity index is 1.55. The molecule has 0 aromatic heterocycles. The maximum absolute atomic E-state index is 12.9. The fourth-order valence-electron chi connectivity index (χ4n) is 3.57. The van der Waals surface area contributed by atoms with E-state index in [0.29, 0.717) is 34.0 Å². The molecule has 0 aliphatic carbocycles. The Labute approximate surface area is 190 Å². The van der Waals surface area contributed by atoms with E-state index in [1.165, 1.54) is 20.3 Å². The van der Waals surface area contributed by atoms with E-state index in [4.69, 9.17) is 14.2 Å². The normalized spacial score (nSPS) is 14.5. The number of carbonyl (C=O) groups is 3. The number of fused-ring (bicyclic) bond motifs is 1. The molecule has 168 valence electrons. The van der Waals surface area contributed by atoms with Gasteiger partial charge in [0.15, 0.2) is 6.10 Å². The summed E-state index contributed by atoms with van der Waals surface area (Å²) in [4.78, 5) is 37.7. The lowest BCUT2D eigenvalue weighted by Crippen LogP contribution is -2.38. The van der Waals surface area contributed by atoms with Gasteiger partial charge < -0.3 is 24.8 Å². The van der Waals surface area contributed by atoms with Crippen LogP contribution in [0.25, 0.3) is 0 Å². The van der Waals surface area contributed by atoms with Crippen molar-refractivity contribution < 1.29 is 28.6 Å². The SMILES string of the molecule is COc1cc(NC(=O)C2Cc3ccccc3C(=O)O2)c(OC)cc1NC(=O)c1ccccc1. The van der Waals surface area contributed by atoms with Gasteiger partial charge in [0.2, 0.25) is 0 Å². The van der Waals surface area contributed by atoms with Crippen molar-refractivity contribution in [1.82, 2.24) is 0 Å². The molecular formula is C25H22N2O6. The van der Waals surface area contributed by atoms with Gasteiger partial charge in [-0.1, -0.05) is 36.4 Å². The first-order valence-corrected chi connectivity index (χ1v) is 10.2. The number of hydrogen-bond donors (Lipinski definition) is 2. The predicted molar refractivity (Wildman–Crippen MR) is 122 cm³/mol. The van der Waals surface area contributed by atoms with Crippen LogP contribution < -0.4 is 20.1 Å². The molecule has 8 heteroatoms. The molecule has 4 rings (SSSR count). The molecule has 8 nitrogen and oxygen atoms in total. The monoisotopic (exact) mass is 446 g/mol. The van der Waals surface area contributed by atoms with Gasteiger partial charge in [-0.15, -0.1) is 0 Å². The Bertz CT molecular complexity index is 1210. The van der Waals surface area contributed by atoms with Gasteiger partial charge in [-0.3, -0.25) is 9.59 Å². The summed E-state index contributed by atoms with van der Waals surface area (Å²) in [5, 5.41) is 5.52. The molecule has 33 heavy (non-hydrogen) atoms. The van der Waals surface area contributed by atoms with Crippen molar-refractivity contribution in [3.63, 3.8) is 0 Å². The quantitative estimate of drug-likeness (QED) is 0.560. The first kappa shape index (κ1) is 21.9. The second-order valence-electron chi connectivity index (χ2n) is 7.32. The molecule has 0 fully saturated rings. The summed E-state index contributed by atoms with van der Waals surface area (Å²) in [5.41, 5.74) is 2.37. The number of anilines is 2. The third-order valence-electron chi connectivity index (χ3n) is 5.25. The van der Waals surface area contributed by atoms with Gasteiger partial charge in [-0.2, -0.15) is 0 Å². The molecule has 0 bridgehead atoms. The zero-order valence-corrected chi connectivity index (χ0v) is 18.1. The molecule has 0 saturated carbocycles. The minimum Gasteiger partial charge on any atom is -0.494 e. The van der Waals surface area contributed by atoms with Crippen LogP contribution in [0.4, 0.5) is 11.4 Å². The van der Waals surface area contributed by atoms with Crippen molar-refractivity contribution in [2.24, 2.45) is 0 Å². The van der Waals surface area contributed by atoms with Crippen molar-refractivity contribution in [1.29, 1.82) is 0 Å². The number of benzene rings is 3. The standard InChI is InChI=1S/C25H22N2O6/c1-31-20-14-19(21(32-2)13-18(20)26-23(28)15-8-4-3-5-9-15)27-24(29)22-12-16-10-6-7-11-17(16)25(30)33-22/h3-11,13-14,22H,12H2,1-2H3,(H,26,28)(H,27,29). The smallest absolute Gasteiger partial charge is 0.339 e. The van der Waals surface area contributed by atoms with Crippen LogP contribution >= 0.6 is 0 Å². The van der Waals surface area contributed by atoms with Gasteiger partial charge in [0.25, 0.3) is 11.8 Å². The van der Waals surface area contributed by atoms with E-state index in [9.17, 15) is 14.4 Å². The Morgan fingerprint density at radius 1 is 0.879 bits per heavy atom. The van der Waals surface area contributed by atoms with Gasteiger partial charge >= 0.3 is 5.97 Å². The van der Waals surface area contributed by atoms with Gasteiger partial charge in [-0.25, -0.2) is 4.79 Å². The average molecular weight is 446 g/mol. The van der Waals surface area contributed by atoms with Gasteiger partial charge in [0, 0.05) is 24.1 Å². The molecule has 1 aliphatic rings. The van der Waals surface area contributed by atoms with E-state index in [1.54, 1.807) is 48.5 Å². The van der Waals surface area contributed by atoms with Crippen molar-refractivity contribution in [2.75, 3.05) is 24.9 Å². The fraction of sp³-hybridized carbons (Fsp3) is 0.160. The van der Waals surface area contributed by atoms with E-state index in [1.807, 2.05) is 12.1 Å². The van der Waals surface area contributed by atoms with E-state index in [2.05, 4.69) is 10.6 Å². The van der Waals surface area contributed by atoms with Gasteiger partial charge in [0.05, 0.1) is 31.2 Å². The van der Waals surface area contributed by atoms with E-state index in [0.717, 1.165) is 5.56 Å². The first-order valence-electron chi connectivity index (χ1n) is 10.2. The molecule has 1 aliphatic heterocycles. The Kier molecular flexibility index (Phi) is 6.26. The van der Waals surface area contributed by atoms with Crippen LogP contribution in [0, 0.1) is 0 Å². The number of amides is 2. The Morgan fingerprint density at radius 2 is 1.48 bits per heavy atom. The summed E-state index contributed by atoms with van der Waals surface area (Å²) < 4.78 is 16.1. The summed E-state index contributed by atoms with van der Waals surface area (Å²) >= 11 is 0. The maximum Gasteiger partial charge on any atom is 0.339 e. The van der Waals surface area contributed by atoms with Crippen LogP contribution in [0.3, 0.4) is 0 Å². The number of hydrogen-bond acceptors (Lipinski definition) is 6. The van der Waals surface area contributed by atoms with Crippen LogP contribution in [0.5, 0.6) is 11.5 Å². The largest absolute Gasteiger partial charge is 0.494 e. The van der Waals surface area contributed by atoms with Crippen LogP contribution in [0.1, 0.15) is 26.3 Å². The predicted octanol–water partition coefficient (Wildman–Crippen LogP) is 3.68. The Morgan fingerprint density at radius 3 is 2.15 bits per heavy atom. The highest BCUT2D eigenvalue weighted by molar-refractivity contribution is 6.06. The molecule has 0 radical (unpaired) electrons. The summed E-state index contributed by atoms with van der Waals surface area (Å²) in [7, 11) is 2.89. The number of nitrogens with one attached hydrogen (secondary N) is 2. The van der Waals surface area contributed by atoms with Crippen LogP contribution in [0.15, 0.2) is 66.7 Å². The third kappa shape index (κ3) is 4.64. The number of cyclic esters (lactones) is 1. The van der Waals surface area contributed by atoms with Crippen molar-refractivity contribution in [2.45, 2.75) is 12.5 Å². The molecule has 0 spiro atoms. The van der Waals surface area contributed by atoms with Crippen molar-refractivity contribution >= 4 is 29.2 Å². The minimum atomic E-state index is -0.986. The lowest BCUT2D eigenvalue weighted by molar-refractivity contribution is -0.125. The highest BCUT2D eigenvalue weighted by Crippen LogP contribution is 2.37. The summed E-state index contributed by atoms with van der Waals surface area (Å²) in [5.74, 6) is -0.739. The van der Waals surface area contributed by atoms with Crippen molar-refractivity contribution in [3.05, 3.63) is 83.4 Å². The van der Waals surface area contributed by atoms with Crippen LogP contribution in [-0.4, -0.2) is 38.1 Å². The molecule has 1 heterocycles. The number of methoxy groups -OCH3 is 2. The number of ether oxygens (including phenoxy) is 3. The molecule has 3 aromatic carbocycles. The van der Waals surface area contributed by atoms with E-state index < -0.39 is 18.0 Å². The lowest BCUT2D eigenvalue weighted by Gasteiger charge is -2.24. The average Bonchev–Trinajstić information content (AvgIpc) is 2.85. The first-order chi connectivity index (χ1) is 16.0. The second-order valence-corrected chi connectivity index (χ2v) is 7.32. The summed E-state index contributed by atoms with van der Waals surface area (Å²) in [6, 6.07) is 18.8. The van der Waals surface area contributed by atoms with Gasteiger partial charge in [-0.05, 0) is 23.8 Å². The summed E-state index contributed by atoms with van der Waals surface area (Å²) in [6.07, 6.45) is -0.723. The zero-order valence-electron chi connectivity index (χ0n) is 18.1. The molecule has 0 saturated heterocycles. The zero-order chi connectivity index (χ0) is 23.4. The molecule has 2 amide bonds. The van der Waals surface area contributed by atoms with E-state index in [-0.39, 0.29) is 12.3 Å². The minimum absolute atomic E-state index is 0.262. The van der Waals surface area contributed by atoms with Crippen molar-refractivity contribution in [3.8, 4) is 11.5 Å². The second kappa shape index (κ2) is 9.44. The fourth-order valence-corrected chi connectivity index (χ4v) is 3.57. The highest BCUT2D eigenvalue weighted by Gasteiger charge is 2.31. The van der Waals surface area contributed by atoms with E-state index >= 15 is 0 Å².